The Bertz CT molecular complexity index is 3670. The Balaban J connectivity index is 0.00000702. The van der Waals surface area contributed by atoms with Crippen molar-refractivity contribution in [2.24, 2.45) is 0 Å². The van der Waals surface area contributed by atoms with Gasteiger partial charge in [-0.3, -0.25) is 38.1 Å². The molecule has 4 heterocycles. The molecule has 2 aliphatic heterocycles. The van der Waals surface area contributed by atoms with E-state index >= 15 is 0 Å². The van der Waals surface area contributed by atoms with E-state index in [-0.39, 0.29) is 119 Å². The molecule has 2 fully saturated rings. The molecule has 32 nitrogen and oxygen atoms in total. The first-order valence-electron chi connectivity index (χ1n) is 30.9. The van der Waals surface area contributed by atoms with Crippen LogP contribution in [-0.2, 0) is 64.4 Å². The summed E-state index contributed by atoms with van der Waals surface area (Å²) in [6.45, 7) is -0.00729. The monoisotopic (exact) mass is 1400 g/mol. The average molecular weight is 1400 g/mol. The van der Waals surface area contributed by atoms with Gasteiger partial charge in [-0.1, -0.05) is 95.4 Å². The van der Waals surface area contributed by atoms with E-state index in [1.165, 1.54) is 46.0 Å². The summed E-state index contributed by atoms with van der Waals surface area (Å²) in [6, 6.07) is 34.8. The number of hydrogen-bond acceptors (Lipinski definition) is 24. The molecular weight excluding hydrogens is 1330 g/mol. The molecule has 34 heteroatoms. The van der Waals surface area contributed by atoms with Gasteiger partial charge in [0, 0.05) is 75.1 Å². The van der Waals surface area contributed by atoms with Crippen LogP contribution >= 0.6 is 0 Å². The molecule has 0 radical (unpaired) electrons. The van der Waals surface area contributed by atoms with Crippen LogP contribution in [0.1, 0.15) is 79.5 Å². The van der Waals surface area contributed by atoms with Crippen LogP contribution in [0.15, 0.2) is 146 Å². The fourth-order valence-corrected chi connectivity index (χ4v) is 11.0. The van der Waals surface area contributed by atoms with Crippen molar-refractivity contribution in [2.45, 2.75) is 125 Å². The van der Waals surface area contributed by atoms with E-state index in [1.54, 1.807) is 48.5 Å². The van der Waals surface area contributed by atoms with Crippen LogP contribution in [0.3, 0.4) is 0 Å². The molecule has 0 bridgehead atoms. The molecule has 5 aromatic carbocycles. The number of carboxylic acids is 2. The number of aliphatic hydroxyl groups excluding tert-OH is 6. The molecule has 7 aromatic rings. The number of ether oxygens (including phenoxy) is 4. The number of nitrogens with one attached hydrogen (secondary N) is 6. The van der Waals surface area contributed by atoms with Crippen LogP contribution < -0.4 is 101 Å². The van der Waals surface area contributed by atoms with Crippen molar-refractivity contribution in [1.29, 1.82) is 0 Å². The first kappa shape index (κ1) is 79.1. The topological polar surface area (TPSA) is 475 Å². The van der Waals surface area contributed by atoms with E-state index in [1.807, 2.05) is 60.7 Å². The second-order valence-electron chi connectivity index (χ2n) is 23.3. The van der Waals surface area contributed by atoms with Crippen molar-refractivity contribution < 1.29 is 157 Å². The van der Waals surface area contributed by atoms with Crippen molar-refractivity contribution in [2.75, 3.05) is 26.2 Å². The van der Waals surface area contributed by atoms with Gasteiger partial charge in [-0.2, -0.15) is 0 Å². The van der Waals surface area contributed by atoms with Gasteiger partial charge in [-0.25, -0.2) is 0 Å². The molecule has 12 atom stereocenters. The zero-order valence-corrected chi connectivity index (χ0v) is 58.8. The summed E-state index contributed by atoms with van der Waals surface area (Å²) in [5, 5.41) is 124. The van der Waals surface area contributed by atoms with Gasteiger partial charge >= 0.3 is 59.1 Å². The molecule has 0 saturated carbocycles. The Kier molecular flexibility index (Phi) is 28.8. The normalized spacial score (nSPS) is 21.4. The minimum Gasteiger partial charge on any atom is -0.544 e. The fraction of sp³-hybridized carbons (Fsp3) is 0.364. The van der Waals surface area contributed by atoms with E-state index < -0.39 is 159 Å². The number of aliphatic carboxylic acids is 2. The summed E-state index contributed by atoms with van der Waals surface area (Å²) < 4.78 is 25.5. The fourth-order valence-electron chi connectivity index (χ4n) is 11.0. The van der Waals surface area contributed by atoms with Crippen molar-refractivity contribution in [3.8, 4) is 22.3 Å². The number of aromatic nitrogens is 6. The van der Waals surface area contributed by atoms with Crippen LogP contribution in [0, 0.1) is 0 Å². The van der Waals surface area contributed by atoms with E-state index in [4.69, 9.17) is 18.9 Å². The van der Waals surface area contributed by atoms with Crippen molar-refractivity contribution in [3.63, 3.8) is 0 Å². The third kappa shape index (κ3) is 20.5. The van der Waals surface area contributed by atoms with Crippen LogP contribution in [0.25, 0.3) is 22.3 Å². The summed E-state index contributed by atoms with van der Waals surface area (Å²) in [5.41, 5.74) is 4.50. The second kappa shape index (κ2) is 36.4. The van der Waals surface area contributed by atoms with Gasteiger partial charge in [0.15, 0.2) is 0 Å². The molecule has 2 saturated heterocycles. The van der Waals surface area contributed by atoms with Crippen LogP contribution in [0.4, 0.5) is 0 Å². The van der Waals surface area contributed by atoms with E-state index in [2.05, 4.69) is 52.5 Å². The van der Waals surface area contributed by atoms with Gasteiger partial charge in [0.05, 0.1) is 75.2 Å². The summed E-state index contributed by atoms with van der Waals surface area (Å²) >= 11 is 0. The minimum atomic E-state index is -2.77. The zero-order chi connectivity index (χ0) is 70.3. The second-order valence-corrected chi connectivity index (χ2v) is 23.3. The van der Waals surface area contributed by atoms with Crippen molar-refractivity contribution in [3.05, 3.63) is 179 Å². The van der Waals surface area contributed by atoms with Gasteiger partial charge in [0.25, 0.3) is 23.6 Å². The predicted octanol–water partition coefficient (Wildman–Crippen LogP) is -9.39. The van der Waals surface area contributed by atoms with E-state index in [0.29, 0.717) is 0 Å². The smallest absolute Gasteiger partial charge is 0.544 e. The first-order chi connectivity index (χ1) is 46.9. The van der Waals surface area contributed by atoms with Gasteiger partial charge in [0.1, 0.15) is 47.7 Å². The molecule has 518 valence electrons. The number of aliphatic hydroxyl groups is 6. The number of nitrogens with zero attached hydrogens (tertiary/aromatic N) is 6. The maximum Gasteiger partial charge on any atom is 1.00 e. The molecule has 12 N–H and O–H groups in total. The first-order valence-corrected chi connectivity index (χ1v) is 30.9. The Morgan fingerprint density at radius 1 is 0.500 bits per heavy atom. The molecule has 0 unspecified atom stereocenters. The molecule has 9 rings (SSSR count). The summed E-state index contributed by atoms with van der Waals surface area (Å²) in [4.78, 5) is 102. The minimum absolute atomic E-state index is 0. The Labute approximate surface area is 615 Å². The average Bonchev–Trinajstić information content (AvgIpc) is 0.795. The molecule has 2 aliphatic rings. The number of carboxylic acid groups (broad SMARTS) is 2. The van der Waals surface area contributed by atoms with Crippen LogP contribution in [-0.4, -0.2) is 207 Å². The largest absolute Gasteiger partial charge is 1.00 e. The summed E-state index contributed by atoms with van der Waals surface area (Å²) in [5.74, 6) is -13.1. The third-order valence-electron chi connectivity index (χ3n) is 16.2. The third-order valence-corrected chi connectivity index (χ3v) is 16.2. The molecule has 100 heavy (non-hydrogen) atoms. The number of amides is 6. The van der Waals surface area contributed by atoms with Gasteiger partial charge in [-0.15, -0.1) is 10.2 Å². The Morgan fingerprint density at radius 2 is 0.810 bits per heavy atom. The molecule has 6 amide bonds. The molecule has 2 aromatic heterocycles. The standard InChI is InChI=1S/C66H74N12O20.2Na/c1-37(79)71-53-49(81)29-65(63(91)92,97-57(53)55(85)51(83)31-69-61(89)45-17-13-41(14-18-45)39-9-5-3-6-10-39)95-35-47-33-77(75-73-47)27-25-67-59(87)43-21-23-44(24-22-43)60(88)68-26-28-78-34-48(74-76-78)36-96-66(64(93)94)30-50(82)54(72-38(2)80)58(98-66)56(86)52(84)32-70-62(90)46-19-15-42(16-20-46)40-11-7-4-8-12-40;;/h3-24,33-34,49-58,81-86H,25-32,35-36H2,1-2H3,(H,67,87)(H,68,88)(H,69,89)(H,70,90)(H,71,79)(H,72,80)(H,91,92)(H,93,94);;/q;2*+1/p-2/t49-,50-,51+,52+,53+,54+,55+,56+,57+,58+,65+,66+;;/m0../s1. The molecular formula is C66H72N12Na2O20. The van der Waals surface area contributed by atoms with Crippen molar-refractivity contribution in [1.82, 2.24) is 61.9 Å². The maximum absolute atomic E-state index is 13.1. The quantitative estimate of drug-likeness (QED) is 0.0186. The number of carbonyl (C=O) groups excluding carboxylic acids is 8. The molecule has 0 spiro atoms. The van der Waals surface area contributed by atoms with Gasteiger partial charge in [0.2, 0.25) is 23.4 Å². The number of carbonyl (C=O) groups is 8. The molecule has 0 aliphatic carbocycles. The predicted molar refractivity (Wildman–Crippen MR) is 335 cm³/mol. The number of hydrogen-bond donors (Lipinski definition) is 12. The number of benzene rings is 5. The Morgan fingerprint density at radius 3 is 1.13 bits per heavy atom. The Hall–Kier alpha value is -8.26. The van der Waals surface area contributed by atoms with Crippen LogP contribution in [0.5, 0.6) is 0 Å². The zero-order valence-electron chi connectivity index (χ0n) is 54.8. The maximum atomic E-state index is 13.1. The number of rotatable bonds is 30. The van der Waals surface area contributed by atoms with Crippen molar-refractivity contribution >= 4 is 47.4 Å². The van der Waals surface area contributed by atoms with Gasteiger partial charge < -0.3 is 101 Å². The summed E-state index contributed by atoms with van der Waals surface area (Å²) in [6.07, 6.45) is -13.7. The van der Waals surface area contributed by atoms with Crippen LogP contribution in [0.2, 0.25) is 0 Å². The SMILES string of the molecule is CC(=O)N[C@H]1[C@H]([C@H](O)[C@H](O)CNC(=O)c2ccc(-c3ccccc3)cc2)O[C@@](OCc2cn(CCNC(=O)c3ccc(C(=O)NCCn4cc(CO[C@]5(C(=O)[O-])C[C@H](O)[C@@H](NC(C)=O)[C@H]([C@H](O)[C@H](O)CNC(=O)c6ccc(-c7ccccc7)cc6)O5)nn4)cc3)nn2)(C(=O)[O-])C[C@@H]1O.[Na+].[Na+]. The van der Waals surface area contributed by atoms with E-state index in [0.717, 1.165) is 36.1 Å². The summed E-state index contributed by atoms with van der Waals surface area (Å²) in [7, 11) is 0. The van der Waals surface area contributed by atoms with E-state index in [9.17, 15) is 79.2 Å². The van der Waals surface area contributed by atoms with Gasteiger partial charge in [-0.05, 0) is 70.8 Å².